The van der Waals surface area contributed by atoms with Crippen molar-refractivity contribution in [3.05, 3.63) is 23.4 Å². The van der Waals surface area contributed by atoms with Crippen molar-refractivity contribution in [2.45, 2.75) is 38.4 Å². The average molecular weight is 271 g/mol. The monoisotopic (exact) mass is 270 g/mol. The molecule has 15 heavy (non-hydrogen) atoms. The molecule has 0 aromatic carbocycles. The fourth-order valence-corrected chi connectivity index (χ4v) is 1.70. The van der Waals surface area contributed by atoms with E-state index in [1.807, 2.05) is 13.1 Å². The lowest BCUT2D eigenvalue weighted by atomic mass is 10.0. The summed E-state index contributed by atoms with van der Waals surface area (Å²) in [5.41, 5.74) is 8.17. The number of pyridine rings is 1. The Kier molecular flexibility index (Phi) is 4.58. The molecule has 2 N–H and O–H groups in total. The summed E-state index contributed by atoms with van der Waals surface area (Å²) in [5.74, 6) is 1.33. The van der Waals surface area contributed by atoms with Gasteiger partial charge >= 0.3 is 0 Å². The zero-order chi connectivity index (χ0) is 11.4. The maximum Gasteiger partial charge on any atom is 0.126 e. The number of anilines is 1. The van der Waals surface area contributed by atoms with Crippen LogP contribution >= 0.6 is 15.9 Å². The molecule has 0 radical (unpaired) electrons. The lowest BCUT2D eigenvalue weighted by Crippen LogP contribution is -2.09. The van der Waals surface area contributed by atoms with E-state index in [0.29, 0.717) is 16.6 Å². The molecule has 1 unspecified atom stereocenters. The van der Waals surface area contributed by atoms with Crippen LogP contribution in [0.4, 0.5) is 5.82 Å². The number of hydrogen-bond acceptors (Lipinski definition) is 2. The zero-order valence-electron chi connectivity index (χ0n) is 9.63. The van der Waals surface area contributed by atoms with Crippen molar-refractivity contribution in [3.8, 4) is 0 Å². The molecule has 0 saturated carbocycles. The van der Waals surface area contributed by atoms with Crippen LogP contribution in [0.15, 0.2) is 12.3 Å². The van der Waals surface area contributed by atoms with E-state index in [0.717, 1.165) is 12.8 Å². The molecule has 0 bridgehead atoms. The highest BCUT2D eigenvalue weighted by molar-refractivity contribution is 9.09. The second-order valence-electron chi connectivity index (χ2n) is 4.36. The minimum absolute atomic E-state index is 0.553. The molecule has 2 nitrogen and oxygen atoms in total. The Morgan fingerprint density at radius 3 is 2.73 bits per heavy atom. The van der Waals surface area contributed by atoms with Gasteiger partial charge in [0.1, 0.15) is 5.82 Å². The van der Waals surface area contributed by atoms with Crippen LogP contribution in [0.1, 0.15) is 31.4 Å². The number of halogens is 1. The first-order chi connectivity index (χ1) is 7.00. The van der Waals surface area contributed by atoms with E-state index in [2.05, 4.69) is 40.8 Å². The topological polar surface area (TPSA) is 38.9 Å². The number of hydrogen-bond donors (Lipinski definition) is 1. The van der Waals surface area contributed by atoms with Crippen LogP contribution in [0.3, 0.4) is 0 Å². The highest BCUT2D eigenvalue weighted by Crippen LogP contribution is 2.20. The summed E-state index contributed by atoms with van der Waals surface area (Å²) < 4.78 is 0. The van der Waals surface area contributed by atoms with Crippen LogP contribution in [-0.4, -0.2) is 9.81 Å². The number of aryl methyl sites for hydroxylation is 2. The molecule has 3 heteroatoms. The van der Waals surface area contributed by atoms with Gasteiger partial charge in [0.15, 0.2) is 0 Å². The van der Waals surface area contributed by atoms with Gasteiger partial charge in [0.2, 0.25) is 0 Å². The summed E-state index contributed by atoms with van der Waals surface area (Å²) in [6, 6.07) is 2.13. The molecule has 0 saturated heterocycles. The van der Waals surface area contributed by atoms with Gasteiger partial charge in [-0.05, 0) is 36.8 Å². The van der Waals surface area contributed by atoms with Gasteiger partial charge in [0, 0.05) is 11.0 Å². The fraction of sp³-hybridized carbons (Fsp3) is 0.583. The predicted octanol–water partition coefficient (Wildman–Crippen LogP) is 3.32. The number of aromatic nitrogens is 1. The van der Waals surface area contributed by atoms with Gasteiger partial charge in [-0.2, -0.15) is 0 Å². The van der Waals surface area contributed by atoms with Crippen LogP contribution in [0.2, 0.25) is 0 Å². The first kappa shape index (κ1) is 12.5. The van der Waals surface area contributed by atoms with Gasteiger partial charge in [-0.25, -0.2) is 4.98 Å². The third kappa shape index (κ3) is 3.82. The Labute approximate surface area is 100 Å². The average Bonchev–Trinajstić information content (AvgIpc) is 2.18. The van der Waals surface area contributed by atoms with Crippen molar-refractivity contribution >= 4 is 21.7 Å². The Balaban J connectivity index is 2.61. The summed E-state index contributed by atoms with van der Waals surface area (Å²) in [5, 5.41) is 0. The van der Waals surface area contributed by atoms with E-state index in [9.17, 15) is 0 Å². The van der Waals surface area contributed by atoms with E-state index in [1.165, 1.54) is 11.1 Å². The molecule has 1 heterocycles. The zero-order valence-corrected chi connectivity index (χ0v) is 11.2. The third-order valence-corrected chi connectivity index (χ3v) is 4.07. The van der Waals surface area contributed by atoms with Gasteiger partial charge in [0.05, 0.1) is 0 Å². The smallest absolute Gasteiger partial charge is 0.126 e. The van der Waals surface area contributed by atoms with Crippen molar-refractivity contribution in [1.29, 1.82) is 0 Å². The van der Waals surface area contributed by atoms with E-state index in [1.54, 1.807) is 0 Å². The minimum Gasteiger partial charge on any atom is -0.383 e. The third-order valence-electron chi connectivity index (χ3n) is 2.55. The van der Waals surface area contributed by atoms with Crippen LogP contribution < -0.4 is 5.73 Å². The second-order valence-corrected chi connectivity index (χ2v) is 5.53. The normalized spacial score (nSPS) is 13.1. The van der Waals surface area contributed by atoms with E-state index in [4.69, 9.17) is 5.73 Å². The molecule has 1 aromatic heterocycles. The predicted molar refractivity (Wildman–Crippen MR) is 69.3 cm³/mol. The van der Waals surface area contributed by atoms with E-state index in [-0.39, 0.29) is 0 Å². The van der Waals surface area contributed by atoms with Gasteiger partial charge in [-0.1, -0.05) is 35.8 Å². The molecule has 1 atom stereocenters. The maximum atomic E-state index is 5.83. The van der Waals surface area contributed by atoms with E-state index >= 15 is 0 Å². The summed E-state index contributed by atoms with van der Waals surface area (Å²) in [6.07, 6.45) is 3.91. The van der Waals surface area contributed by atoms with Crippen molar-refractivity contribution in [2.24, 2.45) is 5.92 Å². The molecule has 1 aromatic rings. The van der Waals surface area contributed by atoms with Gasteiger partial charge in [-0.15, -0.1) is 0 Å². The van der Waals surface area contributed by atoms with Crippen molar-refractivity contribution in [3.63, 3.8) is 0 Å². The van der Waals surface area contributed by atoms with Gasteiger partial charge in [0.25, 0.3) is 0 Å². The summed E-state index contributed by atoms with van der Waals surface area (Å²) in [7, 11) is 0. The number of nitrogens with zero attached hydrogens (tertiary/aromatic N) is 1. The summed E-state index contributed by atoms with van der Waals surface area (Å²) >= 11 is 3.68. The van der Waals surface area contributed by atoms with Crippen LogP contribution in [0.25, 0.3) is 0 Å². The molecule has 0 aliphatic carbocycles. The molecule has 84 valence electrons. The lowest BCUT2D eigenvalue weighted by molar-refractivity contribution is 0.581. The summed E-state index contributed by atoms with van der Waals surface area (Å²) in [6.45, 7) is 6.48. The maximum absolute atomic E-state index is 5.83. The largest absolute Gasteiger partial charge is 0.383 e. The first-order valence-electron chi connectivity index (χ1n) is 5.35. The molecule has 0 aliphatic rings. The van der Waals surface area contributed by atoms with Crippen LogP contribution in [-0.2, 0) is 6.42 Å². The quantitative estimate of drug-likeness (QED) is 0.853. The molecular formula is C12H19BrN2. The SMILES string of the molecule is Cc1cnc(N)c(CCC(Br)C(C)C)c1. The minimum atomic E-state index is 0.553. The Morgan fingerprint density at radius 1 is 1.47 bits per heavy atom. The highest BCUT2D eigenvalue weighted by Gasteiger charge is 2.10. The van der Waals surface area contributed by atoms with Crippen molar-refractivity contribution < 1.29 is 0 Å². The van der Waals surface area contributed by atoms with Crippen LogP contribution in [0, 0.1) is 12.8 Å². The molecular weight excluding hydrogens is 252 g/mol. The molecule has 0 amide bonds. The Morgan fingerprint density at radius 2 is 2.13 bits per heavy atom. The molecule has 0 aliphatic heterocycles. The van der Waals surface area contributed by atoms with Gasteiger partial charge < -0.3 is 5.73 Å². The molecule has 1 rings (SSSR count). The Bertz CT molecular complexity index is 323. The molecule has 0 fully saturated rings. The first-order valence-corrected chi connectivity index (χ1v) is 6.27. The number of rotatable bonds is 4. The lowest BCUT2D eigenvalue weighted by Gasteiger charge is -2.14. The van der Waals surface area contributed by atoms with E-state index < -0.39 is 0 Å². The highest BCUT2D eigenvalue weighted by atomic mass is 79.9. The van der Waals surface area contributed by atoms with Gasteiger partial charge in [-0.3, -0.25) is 0 Å². The number of nitrogen functional groups attached to an aromatic ring is 1. The van der Waals surface area contributed by atoms with Crippen molar-refractivity contribution in [2.75, 3.05) is 5.73 Å². The second kappa shape index (κ2) is 5.50. The van der Waals surface area contributed by atoms with Crippen LogP contribution in [0.5, 0.6) is 0 Å². The molecule has 0 spiro atoms. The van der Waals surface area contributed by atoms with Crippen molar-refractivity contribution in [1.82, 2.24) is 4.98 Å². The standard InChI is InChI=1S/C12H19BrN2/c1-8(2)11(13)5-4-10-6-9(3)7-15-12(10)14/h6-8,11H,4-5H2,1-3H3,(H2,14,15). The Hall–Kier alpha value is -0.570. The number of nitrogens with two attached hydrogens (primary N) is 1. The fourth-order valence-electron chi connectivity index (χ4n) is 1.47. The number of alkyl halides is 1. The summed E-state index contributed by atoms with van der Waals surface area (Å²) in [4.78, 5) is 4.72.